The first-order valence-electron chi connectivity index (χ1n) is 6.33. The summed E-state index contributed by atoms with van der Waals surface area (Å²) in [6.07, 6.45) is 4.31. The zero-order chi connectivity index (χ0) is 15.4. The van der Waals surface area contributed by atoms with Crippen LogP contribution in [0.3, 0.4) is 0 Å². The molecule has 1 amide bonds. The first-order valence-corrected chi connectivity index (χ1v) is 6.33. The zero-order valence-electron chi connectivity index (χ0n) is 11.2. The standard InChI is InChI=1S/C15H10FN3O3/c16-11-5-3-10(4-6-11)14-15(19-22-18-14)17-13(20)8-7-12-2-1-9-21-12/h1-9H,(H,17,19,20)/b8-7+. The summed E-state index contributed by atoms with van der Waals surface area (Å²) in [4.78, 5) is 11.8. The molecular formula is C15H10FN3O3. The van der Waals surface area contributed by atoms with Gasteiger partial charge in [0.25, 0.3) is 0 Å². The van der Waals surface area contributed by atoms with Crippen LogP contribution in [0.15, 0.2) is 57.8 Å². The van der Waals surface area contributed by atoms with Gasteiger partial charge in [-0.2, -0.15) is 0 Å². The van der Waals surface area contributed by atoms with Crippen LogP contribution in [0.2, 0.25) is 0 Å². The predicted molar refractivity (Wildman–Crippen MR) is 76.1 cm³/mol. The van der Waals surface area contributed by atoms with E-state index in [4.69, 9.17) is 4.42 Å². The van der Waals surface area contributed by atoms with E-state index in [1.165, 1.54) is 42.7 Å². The Balaban J connectivity index is 1.75. The van der Waals surface area contributed by atoms with Gasteiger partial charge in [-0.15, -0.1) is 0 Å². The van der Waals surface area contributed by atoms with Gasteiger partial charge in [0.2, 0.25) is 11.7 Å². The molecule has 0 unspecified atom stereocenters. The van der Waals surface area contributed by atoms with Crippen molar-refractivity contribution in [2.45, 2.75) is 0 Å². The van der Waals surface area contributed by atoms with Crippen LogP contribution in [0, 0.1) is 5.82 Å². The Morgan fingerprint density at radius 3 is 2.73 bits per heavy atom. The SMILES string of the molecule is O=C(/C=C/c1ccco1)Nc1nonc1-c1ccc(F)cc1. The van der Waals surface area contributed by atoms with Crippen molar-refractivity contribution in [2.24, 2.45) is 0 Å². The molecule has 22 heavy (non-hydrogen) atoms. The summed E-state index contributed by atoms with van der Waals surface area (Å²) in [6.45, 7) is 0. The highest BCUT2D eigenvalue weighted by molar-refractivity contribution is 6.02. The summed E-state index contributed by atoms with van der Waals surface area (Å²) < 4.78 is 22.6. The van der Waals surface area contributed by atoms with Gasteiger partial charge in [-0.3, -0.25) is 4.79 Å². The first kappa shape index (κ1) is 13.7. The van der Waals surface area contributed by atoms with Gasteiger partial charge < -0.3 is 9.73 Å². The second-order valence-corrected chi connectivity index (χ2v) is 4.31. The van der Waals surface area contributed by atoms with Gasteiger partial charge in [0.05, 0.1) is 6.26 Å². The maximum Gasteiger partial charge on any atom is 0.249 e. The molecule has 0 saturated heterocycles. The van der Waals surface area contributed by atoms with Crippen molar-refractivity contribution in [1.29, 1.82) is 0 Å². The van der Waals surface area contributed by atoms with E-state index in [1.54, 1.807) is 12.1 Å². The Bertz CT molecular complexity index is 792. The average molecular weight is 299 g/mol. The van der Waals surface area contributed by atoms with Crippen LogP contribution in [0.25, 0.3) is 17.3 Å². The zero-order valence-corrected chi connectivity index (χ0v) is 11.2. The van der Waals surface area contributed by atoms with Crippen molar-refractivity contribution >= 4 is 17.8 Å². The Kier molecular flexibility index (Phi) is 3.78. The lowest BCUT2D eigenvalue weighted by Crippen LogP contribution is -2.08. The molecule has 0 atom stereocenters. The average Bonchev–Trinajstić information content (AvgIpc) is 3.17. The smallest absolute Gasteiger partial charge is 0.249 e. The Morgan fingerprint density at radius 1 is 1.18 bits per heavy atom. The molecule has 3 rings (SSSR count). The molecule has 1 aromatic carbocycles. The van der Waals surface area contributed by atoms with Crippen LogP contribution in [0.5, 0.6) is 0 Å². The molecule has 0 spiro atoms. The van der Waals surface area contributed by atoms with Gasteiger partial charge in [-0.1, -0.05) is 0 Å². The first-order chi connectivity index (χ1) is 10.7. The van der Waals surface area contributed by atoms with Gasteiger partial charge in [-0.05, 0) is 52.8 Å². The minimum absolute atomic E-state index is 0.153. The molecule has 1 N–H and O–H groups in total. The number of nitrogens with one attached hydrogen (secondary N) is 1. The minimum atomic E-state index is -0.421. The molecule has 0 aliphatic heterocycles. The van der Waals surface area contributed by atoms with Crippen molar-refractivity contribution < 1.29 is 18.2 Å². The van der Waals surface area contributed by atoms with Crippen molar-refractivity contribution in [3.8, 4) is 11.3 Å². The topological polar surface area (TPSA) is 81.2 Å². The van der Waals surface area contributed by atoms with Crippen LogP contribution in [-0.2, 0) is 4.79 Å². The molecule has 6 nitrogen and oxygen atoms in total. The van der Waals surface area contributed by atoms with Crippen LogP contribution in [0.1, 0.15) is 5.76 Å². The monoisotopic (exact) mass is 299 g/mol. The molecule has 0 saturated carbocycles. The second-order valence-electron chi connectivity index (χ2n) is 4.31. The molecular weight excluding hydrogens is 289 g/mol. The number of halogens is 1. The summed E-state index contributed by atoms with van der Waals surface area (Å²) in [5, 5.41) is 9.88. The lowest BCUT2D eigenvalue weighted by atomic mass is 10.1. The molecule has 0 aliphatic rings. The lowest BCUT2D eigenvalue weighted by molar-refractivity contribution is -0.111. The quantitative estimate of drug-likeness (QED) is 0.748. The van der Waals surface area contributed by atoms with Crippen molar-refractivity contribution in [1.82, 2.24) is 10.3 Å². The number of rotatable bonds is 4. The Labute approximate surface area is 124 Å². The summed E-state index contributed by atoms with van der Waals surface area (Å²) in [5.74, 6) is -0.0875. The third-order valence-electron chi connectivity index (χ3n) is 2.79. The van der Waals surface area contributed by atoms with Crippen LogP contribution in [-0.4, -0.2) is 16.2 Å². The van der Waals surface area contributed by atoms with Crippen LogP contribution in [0.4, 0.5) is 10.2 Å². The van der Waals surface area contributed by atoms with E-state index in [0.29, 0.717) is 17.0 Å². The number of hydrogen-bond donors (Lipinski definition) is 1. The van der Waals surface area contributed by atoms with E-state index >= 15 is 0 Å². The van der Waals surface area contributed by atoms with E-state index < -0.39 is 5.91 Å². The molecule has 0 radical (unpaired) electrons. The summed E-state index contributed by atoms with van der Waals surface area (Å²) in [6, 6.07) is 9.03. The van der Waals surface area contributed by atoms with Gasteiger partial charge in [0.15, 0.2) is 5.69 Å². The summed E-state index contributed by atoms with van der Waals surface area (Å²) in [5.41, 5.74) is 0.896. The number of nitrogens with zero attached hydrogens (tertiary/aromatic N) is 2. The third kappa shape index (κ3) is 3.09. The second kappa shape index (κ2) is 6.04. The number of furan rings is 1. The van der Waals surface area contributed by atoms with Gasteiger partial charge in [0.1, 0.15) is 11.6 Å². The maximum absolute atomic E-state index is 12.9. The number of aromatic nitrogens is 2. The summed E-state index contributed by atoms with van der Waals surface area (Å²) in [7, 11) is 0. The molecule has 0 aliphatic carbocycles. The van der Waals surface area contributed by atoms with Crippen molar-refractivity contribution in [2.75, 3.05) is 5.32 Å². The Hall–Kier alpha value is -3.22. The molecule has 2 aromatic heterocycles. The third-order valence-corrected chi connectivity index (χ3v) is 2.79. The van der Waals surface area contributed by atoms with Gasteiger partial charge in [0, 0.05) is 11.6 Å². The number of benzene rings is 1. The van der Waals surface area contributed by atoms with Gasteiger partial charge >= 0.3 is 0 Å². The van der Waals surface area contributed by atoms with Crippen LogP contribution >= 0.6 is 0 Å². The largest absolute Gasteiger partial charge is 0.465 e. The maximum atomic E-state index is 12.9. The highest BCUT2D eigenvalue weighted by atomic mass is 19.1. The highest BCUT2D eigenvalue weighted by Crippen LogP contribution is 2.24. The lowest BCUT2D eigenvalue weighted by Gasteiger charge is -2.00. The van der Waals surface area contributed by atoms with Crippen molar-refractivity contribution in [3.63, 3.8) is 0 Å². The normalized spacial score (nSPS) is 11.0. The molecule has 0 bridgehead atoms. The van der Waals surface area contributed by atoms with E-state index in [2.05, 4.69) is 20.3 Å². The minimum Gasteiger partial charge on any atom is -0.465 e. The van der Waals surface area contributed by atoms with Gasteiger partial charge in [-0.25, -0.2) is 9.02 Å². The fourth-order valence-corrected chi connectivity index (χ4v) is 1.77. The fourth-order valence-electron chi connectivity index (χ4n) is 1.77. The van der Waals surface area contributed by atoms with Crippen LogP contribution < -0.4 is 5.32 Å². The molecule has 110 valence electrons. The van der Waals surface area contributed by atoms with E-state index in [1.807, 2.05) is 0 Å². The molecule has 7 heteroatoms. The molecule has 2 heterocycles. The van der Waals surface area contributed by atoms with E-state index in [9.17, 15) is 9.18 Å². The van der Waals surface area contributed by atoms with E-state index in [0.717, 1.165) is 0 Å². The number of amides is 1. The molecule has 0 fully saturated rings. The Morgan fingerprint density at radius 2 is 2.00 bits per heavy atom. The number of carbonyl (C=O) groups excluding carboxylic acids is 1. The van der Waals surface area contributed by atoms with Crippen molar-refractivity contribution in [3.05, 3.63) is 60.3 Å². The number of hydrogen-bond acceptors (Lipinski definition) is 5. The highest BCUT2D eigenvalue weighted by Gasteiger charge is 2.14. The predicted octanol–water partition coefficient (Wildman–Crippen LogP) is 3.12. The number of anilines is 1. The summed E-state index contributed by atoms with van der Waals surface area (Å²) >= 11 is 0. The van der Waals surface area contributed by atoms with E-state index in [-0.39, 0.29) is 11.6 Å². The fraction of sp³-hybridized carbons (Fsp3) is 0. The number of carbonyl (C=O) groups is 1. The molecule has 3 aromatic rings.